The third kappa shape index (κ3) is 4.08. The van der Waals surface area contributed by atoms with Crippen molar-refractivity contribution in [3.63, 3.8) is 0 Å². The minimum atomic E-state index is -1.66. The number of carbonyl (C=O) groups excluding carboxylic acids is 1. The molecule has 1 unspecified atom stereocenters. The van der Waals surface area contributed by atoms with Crippen LogP contribution in [0.25, 0.3) is 0 Å². The molecular formula is C18H20F2N2O2. The van der Waals surface area contributed by atoms with E-state index in [0.29, 0.717) is 11.6 Å². The van der Waals surface area contributed by atoms with E-state index in [0.717, 1.165) is 11.8 Å². The van der Waals surface area contributed by atoms with E-state index >= 15 is 0 Å². The third-order valence-corrected chi connectivity index (χ3v) is 3.73. The van der Waals surface area contributed by atoms with E-state index in [1.54, 1.807) is 18.2 Å². The fourth-order valence-corrected chi connectivity index (χ4v) is 2.30. The zero-order valence-electron chi connectivity index (χ0n) is 13.8. The van der Waals surface area contributed by atoms with Crippen LogP contribution in [0.5, 0.6) is 0 Å². The number of halogens is 2. The minimum absolute atomic E-state index is 0.0776. The summed E-state index contributed by atoms with van der Waals surface area (Å²) >= 11 is 0. The lowest BCUT2D eigenvalue weighted by Crippen LogP contribution is -2.39. The molecule has 0 spiro atoms. The molecule has 0 saturated heterocycles. The van der Waals surface area contributed by atoms with E-state index in [1.807, 2.05) is 25.1 Å². The van der Waals surface area contributed by atoms with Crippen LogP contribution in [0.2, 0.25) is 0 Å². The maximum absolute atomic E-state index is 13.8. The monoisotopic (exact) mass is 334 g/mol. The van der Waals surface area contributed by atoms with Crippen molar-refractivity contribution >= 4 is 11.6 Å². The predicted molar refractivity (Wildman–Crippen MR) is 89.0 cm³/mol. The van der Waals surface area contributed by atoms with Crippen LogP contribution in [-0.2, 0) is 5.60 Å². The minimum Gasteiger partial charge on any atom is -0.383 e. The summed E-state index contributed by atoms with van der Waals surface area (Å²) in [6.07, 6.45) is 0. The van der Waals surface area contributed by atoms with Gasteiger partial charge in [0.15, 0.2) is 0 Å². The molecule has 1 amide bonds. The molecule has 0 fully saturated rings. The fraction of sp³-hybridized carbons (Fsp3) is 0.278. The normalized spacial score (nSPS) is 13.2. The molecule has 0 aromatic heterocycles. The molecule has 0 aliphatic carbocycles. The SMILES string of the molecule is CN(C)c1cccc(C(=O)NCC(C)(O)c2ccc(F)cc2F)c1. The highest BCUT2D eigenvalue weighted by Gasteiger charge is 2.27. The molecule has 128 valence electrons. The Labute approximate surface area is 139 Å². The highest BCUT2D eigenvalue weighted by molar-refractivity contribution is 5.95. The van der Waals surface area contributed by atoms with Crippen LogP contribution >= 0.6 is 0 Å². The molecule has 0 saturated carbocycles. The van der Waals surface area contributed by atoms with Crippen molar-refractivity contribution in [3.8, 4) is 0 Å². The van der Waals surface area contributed by atoms with Crippen LogP contribution < -0.4 is 10.2 Å². The molecule has 0 heterocycles. The molecule has 24 heavy (non-hydrogen) atoms. The van der Waals surface area contributed by atoms with Crippen LogP contribution in [0.15, 0.2) is 42.5 Å². The highest BCUT2D eigenvalue weighted by Crippen LogP contribution is 2.23. The van der Waals surface area contributed by atoms with E-state index in [-0.39, 0.29) is 18.0 Å². The topological polar surface area (TPSA) is 52.6 Å². The van der Waals surface area contributed by atoms with Crippen molar-refractivity contribution < 1.29 is 18.7 Å². The molecule has 0 aliphatic heterocycles. The summed E-state index contributed by atoms with van der Waals surface area (Å²) in [4.78, 5) is 14.1. The Morgan fingerprint density at radius 2 is 1.92 bits per heavy atom. The Hall–Kier alpha value is -2.47. The van der Waals surface area contributed by atoms with E-state index in [2.05, 4.69) is 5.32 Å². The summed E-state index contributed by atoms with van der Waals surface area (Å²) in [5, 5.41) is 13.0. The summed E-state index contributed by atoms with van der Waals surface area (Å²) in [6.45, 7) is 1.15. The molecule has 0 bridgehead atoms. The number of amides is 1. The number of hydrogen-bond donors (Lipinski definition) is 2. The Balaban J connectivity index is 2.11. The standard InChI is InChI=1S/C18H20F2N2O2/c1-18(24,15-8-7-13(19)10-16(15)20)11-21-17(23)12-5-4-6-14(9-12)22(2)3/h4-10,24H,11H2,1-3H3,(H,21,23). The Kier molecular flexibility index (Phi) is 5.19. The number of nitrogens with zero attached hydrogens (tertiary/aromatic N) is 1. The van der Waals surface area contributed by atoms with Crippen molar-refractivity contribution in [2.45, 2.75) is 12.5 Å². The van der Waals surface area contributed by atoms with Gasteiger partial charge in [-0.05, 0) is 31.2 Å². The Morgan fingerprint density at radius 3 is 2.54 bits per heavy atom. The second-order valence-electron chi connectivity index (χ2n) is 6.03. The van der Waals surface area contributed by atoms with E-state index < -0.39 is 17.2 Å². The van der Waals surface area contributed by atoms with Crippen LogP contribution in [0.3, 0.4) is 0 Å². The summed E-state index contributed by atoms with van der Waals surface area (Å²) in [5.74, 6) is -1.97. The van der Waals surface area contributed by atoms with Gasteiger partial charge in [0.05, 0.1) is 6.54 Å². The predicted octanol–water partition coefficient (Wildman–Crippen LogP) is 2.67. The highest BCUT2D eigenvalue weighted by atomic mass is 19.1. The molecular weight excluding hydrogens is 314 g/mol. The molecule has 2 aromatic carbocycles. The van der Waals surface area contributed by atoms with Crippen molar-refractivity contribution in [2.75, 3.05) is 25.5 Å². The summed E-state index contributed by atoms with van der Waals surface area (Å²) < 4.78 is 26.8. The van der Waals surface area contributed by atoms with E-state index in [1.165, 1.54) is 13.0 Å². The number of carbonyl (C=O) groups is 1. The van der Waals surface area contributed by atoms with Gasteiger partial charge < -0.3 is 15.3 Å². The van der Waals surface area contributed by atoms with Gasteiger partial charge in [0.1, 0.15) is 17.2 Å². The van der Waals surface area contributed by atoms with E-state index in [9.17, 15) is 18.7 Å². The van der Waals surface area contributed by atoms with Gasteiger partial charge in [-0.2, -0.15) is 0 Å². The zero-order chi connectivity index (χ0) is 17.9. The summed E-state index contributed by atoms with van der Waals surface area (Å²) in [7, 11) is 3.72. The van der Waals surface area contributed by atoms with Gasteiger partial charge in [-0.25, -0.2) is 8.78 Å². The quantitative estimate of drug-likeness (QED) is 0.884. The zero-order valence-corrected chi connectivity index (χ0v) is 13.8. The van der Waals surface area contributed by atoms with Crippen molar-refractivity contribution in [1.29, 1.82) is 0 Å². The molecule has 2 N–H and O–H groups in total. The van der Waals surface area contributed by atoms with Gasteiger partial charge in [0.2, 0.25) is 0 Å². The number of anilines is 1. The first kappa shape index (κ1) is 17.9. The van der Waals surface area contributed by atoms with Crippen molar-refractivity contribution in [1.82, 2.24) is 5.32 Å². The summed E-state index contributed by atoms with van der Waals surface area (Å²) in [6, 6.07) is 9.91. The molecule has 2 rings (SSSR count). The molecule has 1 atom stereocenters. The van der Waals surface area contributed by atoms with Gasteiger partial charge in [0, 0.05) is 37.0 Å². The van der Waals surface area contributed by atoms with Gasteiger partial charge in [-0.3, -0.25) is 4.79 Å². The molecule has 0 aliphatic rings. The molecule has 2 aromatic rings. The lowest BCUT2D eigenvalue weighted by Gasteiger charge is -2.25. The van der Waals surface area contributed by atoms with Crippen LogP contribution in [-0.4, -0.2) is 31.7 Å². The van der Waals surface area contributed by atoms with E-state index in [4.69, 9.17) is 0 Å². The fourth-order valence-electron chi connectivity index (χ4n) is 2.30. The van der Waals surface area contributed by atoms with Crippen molar-refractivity contribution in [2.24, 2.45) is 0 Å². The number of aliphatic hydroxyl groups is 1. The summed E-state index contributed by atoms with van der Waals surface area (Å²) in [5.41, 5.74) is -0.450. The number of rotatable bonds is 5. The van der Waals surface area contributed by atoms with Gasteiger partial charge >= 0.3 is 0 Å². The Bertz CT molecular complexity index is 746. The number of hydrogen-bond acceptors (Lipinski definition) is 3. The van der Waals surface area contributed by atoms with Gasteiger partial charge in [-0.1, -0.05) is 12.1 Å². The second-order valence-corrected chi connectivity index (χ2v) is 6.03. The maximum Gasteiger partial charge on any atom is 0.251 e. The molecule has 6 heteroatoms. The first-order chi connectivity index (χ1) is 11.2. The van der Waals surface area contributed by atoms with Gasteiger partial charge in [0.25, 0.3) is 5.91 Å². The van der Waals surface area contributed by atoms with Crippen LogP contribution in [0, 0.1) is 11.6 Å². The third-order valence-electron chi connectivity index (χ3n) is 3.73. The maximum atomic E-state index is 13.8. The first-order valence-corrected chi connectivity index (χ1v) is 7.44. The smallest absolute Gasteiger partial charge is 0.251 e. The Morgan fingerprint density at radius 1 is 1.21 bits per heavy atom. The number of benzene rings is 2. The first-order valence-electron chi connectivity index (χ1n) is 7.44. The largest absolute Gasteiger partial charge is 0.383 e. The van der Waals surface area contributed by atoms with Crippen molar-refractivity contribution in [3.05, 3.63) is 65.2 Å². The molecule has 0 radical (unpaired) electrons. The average molecular weight is 334 g/mol. The molecule has 4 nitrogen and oxygen atoms in total. The lowest BCUT2D eigenvalue weighted by molar-refractivity contribution is 0.0494. The average Bonchev–Trinajstić information content (AvgIpc) is 2.52. The van der Waals surface area contributed by atoms with Gasteiger partial charge in [-0.15, -0.1) is 0 Å². The van der Waals surface area contributed by atoms with Crippen LogP contribution in [0.4, 0.5) is 14.5 Å². The van der Waals surface area contributed by atoms with Crippen LogP contribution in [0.1, 0.15) is 22.8 Å². The number of nitrogens with one attached hydrogen (secondary N) is 1. The lowest BCUT2D eigenvalue weighted by atomic mass is 9.95. The second kappa shape index (κ2) is 6.97.